The lowest BCUT2D eigenvalue weighted by Gasteiger charge is -2.25. The van der Waals surface area contributed by atoms with Crippen molar-refractivity contribution in [3.05, 3.63) is 0 Å². The molecule has 0 N–H and O–H groups in total. The van der Waals surface area contributed by atoms with Crippen LogP contribution in [0.25, 0.3) is 0 Å². The molecule has 0 bridgehead atoms. The number of carbonyl (C=O) groups is 2. The van der Waals surface area contributed by atoms with Gasteiger partial charge in [-0.05, 0) is 25.7 Å². The molecule has 3 saturated heterocycles. The Bertz CT molecular complexity index is 571. The molecule has 4 aliphatic rings. The Hall–Kier alpha value is -1.18. The highest BCUT2D eigenvalue weighted by atomic mass is 16.8. The van der Waals surface area contributed by atoms with Gasteiger partial charge >= 0.3 is 11.9 Å². The molecule has 0 spiro atoms. The van der Waals surface area contributed by atoms with Crippen molar-refractivity contribution in [2.24, 2.45) is 11.8 Å². The van der Waals surface area contributed by atoms with Crippen molar-refractivity contribution in [2.45, 2.75) is 128 Å². The summed E-state index contributed by atoms with van der Waals surface area (Å²) in [5.74, 6) is -1.76. The van der Waals surface area contributed by atoms with Crippen LogP contribution in [-0.4, -0.2) is 48.9 Å². The van der Waals surface area contributed by atoms with Gasteiger partial charge in [-0.3, -0.25) is 9.59 Å². The van der Waals surface area contributed by atoms with Crippen molar-refractivity contribution in [1.29, 1.82) is 0 Å². The Morgan fingerprint density at radius 2 is 1.13 bits per heavy atom. The molecule has 3 aliphatic heterocycles. The summed E-state index contributed by atoms with van der Waals surface area (Å²) in [6.45, 7) is 4.36. The molecule has 0 radical (unpaired) electrons. The normalized spacial score (nSPS) is 37.6. The molecule has 8 atom stereocenters. The topological polar surface area (TPSA) is 90.2 Å². The van der Waals surface area contributed by atoms with Crippen molar-refractivity contribution in [2.75, 3.05) is 0 Å². The van der Waals surface area contributed by atoms with E-state index in [1.165, 1.54) is 38.5 Å². The highest BCUT2D eigenvalue weighted by molar-refractivity contribution is 5.83. The first-order valence-electron chi connectivity index (χ1n) is 12.5. The molecule has 176 valence electrons. The maximum absolute atomic E-state index is 12.8. The molecule has 0 amide bonds. The van der Waals surface area contributed by atoms with Gasteiger partial charge in [0.25, 0.3) is 0 Å². The van der Waals surface area contributed by atoms with E-state index in [0.717, 1.165) is 25.7 Å². The zero-order valence-corrected chi connectivity index (χ0v) is 19.0. The lowest BCUT2D eigenvalue weighted by atomic mass is 9.79. The molecule has 4 rings (SSSR count). The SMILES string of the molecule is CCCCCCC1OC1OC(=O)C1CC2OC2CC1C(=O)OC1OC1CCCCCC. The Morgan fingerprint density at radius 3 is 1.55 bits per heavy atom. The summed E-state index contributed by atoms with van der Waals surface area (Å²) in [6, 6.07) is 0. The number of unbranched alkanes of at least 4 members (excludes halogenated alkanes) is 6. The third-order valence-electron chi connectivity index (χ3n) is 6.97. The molecule has 1 saturated carbocycles. The van der Waals surface area contributed by atoms with Gasteiger partial charge in [-0.1, -0.05) is 65.2 Å². The zero-order chi connectivity index (χ0) is 21.8. The second-order valence-electron chi connectivity index (χ2n) is 9.56. The van der Waals surface area contributed by atoms with Crippen LogP contribution in [-0.2, 0) is 33.3 Å². The van der Waals surface area contributed by atoms with Crippen LogP contribution in [0.2, 0.25) is 0 Å². The molecule has 3 heterocycles. The van der Waals surface area contributed by atoms with Crippen LogP contribution in [0.15, 0.2) is 0 Å². The van der Waals surface area contributed by atoms with Crippen molar-refractivity contribution in [3.63, 3.8) is 0 Å². The van der Waals surface area contributed by atoms with Crippen LogP contribution in [0, 0.1) is 11.8 Å². The first-order valence-corrected chi connectivity index (χ1v) is 12.5. The summed E-state index contributed by atoms with van der Waals surface area (Å²) >= 11 is 0. The van der Waals surface area contributed by atoms with Gasteiger partial charge in [-0.15, -0.1) is 0 Å². The van der Waals surface area contributed by atoms with Crippen molar-refractivity contribution in [1.82, 2.24) is 0 Å². The minimum Gasteiger partial charge on any atom is -0.433 e. The molecule has 0 aromatic carbocycles. The van der Waals surface area contributed by atoms with Crippen molar-refractivity contribution < 1.29 is 33.3 Å². The van der Waals surface area contributed by atoms with E-state index in [9.17, 15) is 9.59 Å². The number of esters is 2. The van der Waals surface area contributed by atoms with Crippen LogP contribution in [0.1, 0.15) is 90.9 Å². The largest absolute Gasteiger partial charge is 0.433 e. The Labute approximate surface area is 185 Å². The van der Waals surface area contributed by atoms with E-state index in [4.69, 9.17) is 23.7 Å². The van der Waals surface area contributed by atoms with Crippen LogP contribution < -0.4 is 0 Å². The summed E-state index contributed by atoms with van der Waals surface area (Å²) in [4.78, 5) is 25.6. The summed E-state index contributed by atoms with van der Waals surface area (Å²) in [5, 5.41) is 0. The van der Waals surface area contributed by atoms with Gasteiger partial charge in [0.05, 0.1) is 24.0 Å². The van der Waals surface area contributed by atoms with E-state index in [1.54, 1.807) is 0 Å². The average Bonchev–Trinajstić information content (AvgIpc) is 3.65. The van der Waals surface area contributed by atoms with Gasteiger partial charge in [-0.2, -0.15) is 0 Å². The van der Waals surface area contributed by atoms with E-state index >= 15 is 0 Å². The number of ether oxygens (including phenoxy) is 5. The number of hydrogen-bond donors (Lipinski definition) is 0. The van der Waals surface area contributed by atoms with Gasteiger partial charge in [0.2, 0.25) is 12.6 Å². The quantitative estimate of drug-likeness (QED) is 0.227. The predicted octanol–water partition coefficient (Wildman–Crippen LogP) is 4.26. The molecule has 31 heavy (non-hydrogen) atoms. The summed E-state index contributed by atoms with van der Waals surface area (Å²) in [5.41, 5.74) is 0. The third kappa shape index (κ3) is 6.42. The number of carbonyl (C=O) groups excluding carboxylic acids is 2. The zero-order valence-electron chi connectivity index (χ0n) is 19.0. The average molecular weight is 439 g/mol. The molecule has 8 unspecified atom stereocenters. The Morgan fingerprint density at radius 1 is 0.677 bits per heavy atom. The van der Waals surface area contributed by atoms with Gasteiger partial charge in [0, 0.05) is 0 Å². The minimum absolute atomic E-state index is 0.00746. The third-order valence-corrected chi connectivity index (χ3v) is 6.97. The van der Waals surface area contributed by atoms with E-state index in [0.29, 0.717) is 12.8 Å². The number of hydrogen-bond acceptors (Lipinski definition) is 7. The lowest BCUT2D eigenvalue weighted by molar-refractivity contribution is -0.167. The first-order chi connectivity index (χ1) is 15.1. The van der Waals surface area contributed by atoms with Crippen molar-refractivity contribution in [3.8, 4) is 0 Å². The first kappa shape index (κ1) is 23.0. The van der Waals surface area contributed by atoms with Gasteiger partial charge in [0.1, 0.15) is 12.2 Å². The number of fused-ring (bicyclic) bond motifs is 1. The fraction of sp³-hybridized carbons (Fsp3) is 0.917. The second kappa shape index (κ2) is 10.6. The minimum atomic E-state index is -0.525. The van der Waals surface area contributed by atoms with E-state index in [-0.39, 0.29) is 36.4 Å². The molecule has 1 aliphatic carbocycles. The monoisotopic (exact) mass is 438 g/mol. The van der Waals surface area contributed by atoms with Crippen molar-refractivity contribution >= 4 is 11.9 Å². The van der Waals surface area contributed by atoms with E-state index < -0.39 is 24.4 Å². The lowest BCUT2D eigenvalue weighted by Crippen LogP contribution is -2.38. The molecular weight excluding hydrogens is 400 g/mol. The summed E-state index contributed by atoms with van der Waals surface area (Å²) < 4.78 is 27.8. The van der Waals surface area contributed by atoms with Crippen LogP contribution in [0.4, 0.5) is 0 Å². The molecule has 7 nitrogen and oxygen atoms in total. The number of epoxide rings is 3. The van der Waals surface area contributed by atoms with Crippen LogP contribution in [0.3, 0.4) is 0 Å². The fourth-order valence-corrected chi connectivity index (χ4v) is 4.76. The molecule has 0 aromatic rings. The van der Waals surface area contributed by atoms with Gasteiger partial charge in [-0.25, -0.2) is 0 Å². The molecule has 7 heteroatoms. The van der Waals surface area contributed by atoms with Crippen LogP contribution >= 0.6 is 0 Å². The highest BCUT2D eigenvalue weighted by Gasteiger charge is 2.56. The maximum atomic E-state index is 12.8. The molecule has 4 fully saturated rings. The second-order valence-corrected chi connectivity index (χ2v) is 9.56. The summed E-state index contributed by atoms with van der Waals surface area (Å²) in [6.07, 6.45) is 11.5. The maximum Gasteiger partial charge on any atom is 0.312 e. The Kier molecular flexibility index (Phi) is 7.88. The predicted molar refractivity (Wildman–Crippen MR) is 112 cm³/mol. The van der Waals surface area contributed by atoms with Gasteiger partial charge in [0.15, 0.2) is 0 Å². The van der Waals surface area contributed by atoms with Crippen LogP contribution in [0.5, 0.6) is 0 Å². The van der Waals surface area contributed by atoms with E-state index in [2.05, 4.69) is 13.8 Å². The van der Waals surface area contributed by atoms with Gasteiger partial charge < -0.3 is 23.7 Å². The number of rotatable bonds is 14. The Balaban J connectivity index is 1.20. The molecular formula is C24H38O7. The smallest absolute Gasteiger partial charge is 0.312 e. The van der Waals surface area contributed by atoms with E-state index in [1.807, 2.05) is 0 Å². The standard InChI is InChI=1S/C24H38O7/c1-3-5-7-9-11-17-23(28-17)30-21(25)15-13-19-20(27-19)14-16(15)22(26)31-24-18(29-24)12-10-8-6-4-2/h15-20,23-24H,3-14H2,1-2H3. The fourth-order valence-electron chi connectivity index (χ4n) is 4.76. The highest BCUT2D eigenvalue weighted by Crippen LogP contribution is 2.45. The summed E-state index contributed by atoms with van der Waals surface area (Å²) in [7, 11) is 0. The molecule has 0 aromatic heterocycles.